The number of nitrogens with zero attached hydrogens (tertiary/aromatic N) is 5. The van der Waals surface area contributed by atoms with Gasteiger partial charge in [0.25, 0.3) is 0 Å². The summed E-state index contributed by atoms with van der Waals surface area (Å²) >= 11 is 0. The molecule has 0 aliphatic carbocycles. The highest BCUT2D eigenvalue weighted by molar-refractivity contribution is 6.03. The maximum Gasteiger partial charge on any atom is 0.319 e. The molecular weight excluding hydrogens is 569 g/mol. The molecule has 0 radical (unpaired) electrons. The van der Waals surface area contributed by atoms with Crippen LogP contribution in [0.2, 0.25) is 0 Å². The van der Waals surface area contributed by atoms with Gasteiger partial charge in [-0.05, 0) is 55.8 Å². The summed E-state index contributed by atoms with van der Waals surface area (Å²) in [6.07, 6.45) is 8.86. The zero-order valence-electron chi connectivity index (χ0n) is 25.8. The van der Waals surface area contributed by atoms with E-state index in [1.165, 1.54) is 30.5 Å². The number of benzene rings is 2. The second-order valence-electron chi connectivity index (χ2n) is 12.2. The molecule has 5 saturated heterocycles. The number of ether oxygens (including phenoxy) is 1. The summed E-state index contributed by atoms with van der Waals surface area (Å²) in [5, 5.41) is 14.9. The highest BCUT2D eigenvalue weighted by Gasteiger charge is 2.49. The van der Waals surface area contributed by atoms with Gasteiger partial charge in [0.1, 0.15) is 41.3 Å². The largest absolute Gasteiger partial charge is 0.508 e. The zero-order chi connectivity index (χ0) is 32.0. The van der Waals surface area contributed by atoms with Gasteiger partial charge in [0, 0.05) is 55.3 Å². The molecule has 0 spiro atoms. The number of aromatic hydroxyl groups is 1. The van der Waals surface area contributed by atoms with E-state index in [9.17, 15) is 13.9 Å². The first-order chi connectivity index (χ1) is 22.1. The van der Waals surface area contributed by atoms with E-state index in [-0.39, 0.29) is 64.5 Å². The maximum atomic E-state index is 16.8. The van der Waals surface area contributed by atoms with Gasteiger partial charge >= 0.3 is 6.01 Å². The number of piperazine rings is 1. The number of phenolic OH excluding ortho intramolecular Hbond substituents is 1. The number of terminal acetylenes is 1. The van der Waals surface area contributed by atoms with Crippen molar-refractivity contribution in [3.8, 4) is 35.4 Å². The summed E-state index contributed by atoms with van der Waals surface area (Å²) in [6, 6.07) is 5.18. The molecule has 5 aliphatic rings. The minimum atomic E-state index is -2.38. The Kier molecular flexibility index (Phi) is 5.85. The number of hydrogen-bond acceptors (Lipinski definition) is 8. The third kappa shape index (κ3) is 4.26. The number of pyridine rings is 1. The van der Waals surface area contributed by atoms with E-state index >= 15 is 4.39 Å². The second-order valence-corrected chi connectivity index (χ2v) is 12.2. The minimum absolute atomic E-state index is 0.0247. The molecule has 226 valence electrons. The molecule has 9 rings (SSSR count). The monoisotopic (exact) mass is 602 g/mol. The fourth-order valence-electron chi connectivity index (χ4n) is 7.59. The van der Waals surface area contributed by atoms with E-state index in [4.69, 9.17) is 13.9 Å². The zero-order valence-corrected chi connectivity index (χ0v) is 23.8. The number of anilines is 1. The molecule has 7 heterocycles. The average Bonchev–Trinajstić information content (AvgIpc) is 3.59. The van der Waals surface area contributed by atoms with E-state index in [1.807, 2.05) is 0 Å². The van der Waals surface area contributed by atoms with Crippen molar-refractivity contribution in [1.82, 2.24) is 25.2 Å². The minimum Gasteiger partial charge on any atom is -0.508 e. The number of aromatic nitrogens is 3. The van der Waals surface area contributed by atoms with Crippen molar-refractivity contribution >= 4 is 27.5 Å². The van der Waals surface area contributed by atoms with Crippen LogP contribution >= 0.6 is 0 Å². The van der Waals surface area contributed by atoms with Crippen LogP contribution in [0.15, 0.2) is 30.5 Å². The number of phenols is 1. The van der Waals surface area contributed by atoms with Gasteiger partial charge in [-0.3, -0.25) is 9.88 Å². The van der Waals surface area contributed by atoms with Gasteiger partial charge in [-0.2, -0.15) is 9.97 Å². The second kappa shape index (κ2) is 10.2. The fourth-order valence-corrected chi connectivity index (χ4v) is 7.59. The molecule has 2 N–H and O–H groups in total. The Hall–Kier alpha value is -4.14. The number of piperidine rings is 2. The standard InChI is InChI=1S/C33H31F3N6O2/c1-2-23-26(35)7-4-18-10-22(43)11-24(27(18)23)29-28(36)30-25(14-38-29)31(42-16-20-5-6-21(42)13-37-20)40-32(39-30)44-17-33-8-3-9-41(33)15-19(34)12-33/h1,4,7,10-11,14,19-21,37,43H,3,5-6,8-9,12-13,15-17H2/t19-,20?,21?,33+/m0/s1/i17D2. The van der Waals surface area contributed by atoms with Gasteiger partial charge in [-0.1, -0.05) is 12.0 Å². The van der Waals surface area contributed by atoms with Gasteiger partial charge in [0.05, 0.1) is 19.2 Å². The Labute approximate surface area is 255 Å². The van der Waals surface area contributed by atoms with Crippen LogP contribution in [0.4, 0.5) is 19.0 Å². The van der Waals surface area contributed by atoms with Crippen LogP contribution in [0.1, 0.15) is 40.4 Å². The van der Waals surface area contributed by atoms with Crippen LogP contribution < -0.4 is 15.0 Å². The third-order valence-electron chi connectivity index (χ3n) is 9.65. The fraction of sp³-hybridized carbons (Fsp3) is 0.424. The molecule has 2 bridgehead atoms. The molecule has 44 heavy (non-hydrogen) atoms. The molecule has 0 saturated carbocycles. The smallest absolute Gasteiger partial charge is 0.319 e. The predicted octanol–water partition coefficient (Wildman–Crippen LogP) is 4.71. The molecule has 2 aromatic carbocycles. The number of halogens is 3. The van der Waals surface area contributed by atoms with Crippen LogP contribution in [0, 0.1) is 24.0 Å². The Morgan fingerprint density at radius 1 is 1.23 bits per heavy atom. The summed E-state index contributed by atoms with van der Waals surface area (Å²) in [5.74, 6) is 0.929. The molecule has 2 unspecified atom stereocenters. The first kappa shape index (κ1) is 25.2. The van der Waals surface area contributed by atoms with Gasteiger partial charge in [0.15, 0.2) is 5.82 Å². The topological polar surface area (TPSA) is 86.6 Å². The van der Waals surface area contributed by atoms with Crippen molar-refractivity contribution < 1.29 is 25.8 Å². The number of alkyl halides is 1. The maximum absolute atomic E-state index is 16.8. The summed E-state index contributed by atoms with van der Waals surface area (Å²) in [4.78, 5) is 17.4. The van der Waals surface area contributed by atoms with Crippen molar-refractivity contribution in [2.24, 2.45) is 0 Å². The molecule has 0 amide bonds. The van der Waals surface area contributed by atoms with E-state index < -0.39 is 29.9 Å². The summed E-state index contributed by atoms with van der Waals surface area (Å²) < 4.78 is 70.3. The summed E-state index contributed by atoms with van der Waals surface area (Å²) in [7, 11) is 0. The van der Waals surface area contributed by atoms with Gasteiger partial charge in [0.2, 0.25) is 0 Å². The lowest BCUT2D eigenvalue weighted by molar-refractivity contribution is 0.107. The van der Waals surface area contributed by atoms with E-state index in [0.717, 1.165) is 12.8 Å². The van der Waals surface area contributed by atoms with Crippen molar-refractivity contribution in [2.45, 2.75) is 55.9 Å². The van der Waals surface area contributed by atoms with Gasteiger partial charge < -0.3 is 20.1 Å². The Morgan fingerprint density at radius 2 is 2.11 bits per heavy atom. The summed E-state index contributed by atoms with van der Waals surface area (Å²) in [5.41, 5.74) is -1.64. The Morgan fingerprint density at radius 3 is 2.89 bits per heavy atom. The quantitative estimate of drug-likeness (QED) is 0.318. The molecule has 5 fully saturated rings. The van der Waals surface area contributed by atoms with Crippen LogP contribution in [0.3, 0.4) is 0 Å². The number of fused-ring (bicyclic) bond motifs is 6. The molecule has 11 heteroatoms. The average molecular weight is 603 g/mol. The van der Waals surface area contributed by atoms with Crippen molar-refractivity contribution in [2.75, 3.05) is 37.6 Å². The summed E-state index contributed by atoms with van der Waals surface area (Å²) in [6.45, 7) is -0.412. The molecule has 2 aromatic heterocycles. The van der Waals surface area contributed by atoms with E-state index in [2.05, 4.69) is 31.1 Å². The molecule has 5 aliphatic heterocycles. The van der Waals surface area contributed by atoms with Crippen LogP contribution in [-0.4, -0.2) is 81.5 Å². The molecule has 4 aromatic rings. The highest BCUT2D eigenvalue weighted by Crippen LogP contribution is 2.42. The van der Waals surface area contributed by atoms with Crippen molar-refractivity contribution in [3.05, 3.63) is 47.7 Å². The van der Waals surface area contributed by atoms with Crippen LogP contribution in [0.5, 0.6) is 11.8 Å². The molecular formula is C33H31F3N6O2. The van der Waals surface area contributed by atoms with Gasteiger partial charge in [-0.25, -0.2) is 13.2 Å². The van der Waals surface area contributed by atoms with Crippen LogP contribution in [-0.2, 0) is 0 Å². The van der Waals surface area contributed by atoms with E-state index in [1.54, 1.807) is 4.90 Å². The highest BCUT2D eigenvalue weighted by atomic mass is 19.1. The Bertz CT molecular complexity index is 1950. The SMILES string of the molecule is [2H]C([2H])(Oc1nc(N2CC3CCC2CN3)c2cnc(-c3cc(O)cc4ccc(F)c(C#C)c34)c(F)c2n1)[C@]12CCCN1C[C@@H](F)C2. The van der Waals surface area contributed by atoms with Crippen molar-refractivity contribution in [3.63, 3.8) is 0 Å². The van der Waals surface area contributed by atoms with Gasteiger partial charge in [-0.15, -0.1) is 6.42 Å². The van der Waals surface area contributed by atoms with E-state index in [0.29, 0.717) is 49.1 Å². The lowest BCUT2D eigenvalue weighted by Crippen LogP contribution is -2.61. The number of hydrogen-bond donors (Lipinski definition) is 2. The third-order valence-corrected chi connectivity index (χ3v) is 9.65. The van der Waals surface area contributed by atoms with Crippen LogP contribution in [0.25, 0.3) is 32.9 Å². The predicted molar refractivity (Wildman–Crippen MR) is 160 cm³/mol. The Balaban J connectivity index is 1.32. The lowest BCUT2D eigenvalue weighted by Gasteiger charge is -2.46. The normalized spacial score (nSPS) is 27.4. The van der Waals surface area contributed by atoms with Crippen molar-refractivity contribution in [1.29, 1.82) is 0 Å². The molecule has 4 atom stereocenters. The lowest BCUT2D eigenvalue weighted by atomic mass is 9.92. The first-order valence-electron chi connectivity index (χ1n) is 15.9. The molecule has 8 nitrogen and oxygen atoms in total. The number of nitrogens with one attached hydrogen (secondary N) is 1. The number of rotatable bonds is 5. The first-order valence-corrected chi connectivity index (χ1v) is 14.9.